The molecule has 214 valence electrons. The molecule has 2 atom stereocenters. The summed E-state index contributed by atoms with van der Waals surface area (Å²) in [5.74, 6) is -0.521. The summed E-state index contributed by atoms with van der Waals surface area (Å²) in [6, 6.07) is 21.8. The average Bonchev–Trinajstić information content (AvgIpc) is 3.48. The van der Waals surface area contributed by atoms with E-state index in [9.17, 15) is 14.4 Å². The highest BCUT2D eigenvalue weighted by Crippen LogP contribution is 2.45. The second-order valence-electron chi connectivity index (χ2n) is 12.0. The van der Waals surface area contributed by atoms with Crippen molar-refractivity contribution in [2.24, 2.45) is 0 Å². The van der Waals surface area contributed by atoms with Gasteiger partial charge in [0.15, 0.2) is 0 Å². The van der Waals surface area contributed by atoms with Gasteiger partial charge in [-0.2, -0.15) is 0 Å². The molecule has 4 amide bonds. The summed E-state index contributed by atoms with van der Waals surface area (Å²) in [6.45, 7) is 2.03. The van der Waals surface area contributed by atoms with Gasteiger partial charge in [0.2, 0.25) is 0 Å². The number of fused-ring (bicyclic) bond motifs is 4. The number of para-hydroxylation sites is 2. The average molecular weight is 561 g/mol. The number of nitrogens with one attached hydrogen (secondary N) is 2. The minimum Gasteiger partial charge on any atom is -0.356 e. The second kappa shape index (κ2) is 10.8. The zero-order valence-electron chi connectivity index (χ0n) is 23.9. The van der Waals surface area contributed by atoms with Crippen LogP contribution in [-0.2, 0) is 11.2 Å². The lowest BCUT2D eigenvalue weighted by molar-refractivity contribution is -0.120. The van der Waals surface area contributed by atoms with E-state index >= 15 is 0 Å². The number of rotatable bonds is 4. The minimum atomic E-state index is -0.669. The number of benzene rings is 3. The number of hydrogen-bond acceptors (Lipinski definition) is 3. The third-order valence-corrected chi connectivity index (χ3v) is 9.27. The lowest BCUT2D eigenvalue weighted by Gasteiger charge is -2.36. The van der Waals surface area contributed by atoms with Crippen LogP contribution in [0.3, 0.4) is 0 Å². The number of carbonyl (C=O) groups excluding carboxylic acids is 3. The van der Waals surface area contributed by atoms with E-state index in [1.807, 2.05) is 49.4 Å². The number of H-pyrrole nitrogens is 1. The van der Waals surface area contributed by atoms with Crippen LogP contribution in [0.15, 0.2) is 72.8 Å². The fourth-order valence-electron chi connectivity index (χ4n) is 7.12. The summed E-state index contributed by atoms with van der Waals surface area (Å²) in [5.41, 5.74) is 5.77. The van der Waals surface area contributed by atoms with Gasteiger partial charge in [0.1, 0.15) is 12.1 Å². The van der Waals surface area contributed by atoms with Crippen molar-refractivity contribution >= 4 is 34.4 Å². The van der Waals surface area contributed by atoms with Gasteiger partial charge in [0, 0.05) is 29.1 Å². The van der Waals surface area contributed by atoms with Crippen LogP contribution in [0.4, 0.5) is 10.5 Å². The number of anilines is 1. The number of amides is 4. The van der Waals surface area contributed by atoms with Crippen molar-refractivity contribution in [3.05, 3.63) is 101 Å². The Labute approximate surface area is 245 Å². The van der Waals surface area contributed by atoms with Gasteiger partial charge in [-0.15, -0.1) is 0 Å². The first-order chi connectivity index (χ1) is 20.5. The molecular formula is C35H36N4O3. The molecular weight excluding hydrogens is 524 g/mol. The van der Waals surface area contributed by atoms with Crippen LogP contribution in [0.2, 0.25) is 0 Å². The van der Waals surface area contributed by atoms with E-state index in [-0.39, 0.29) is 17.9 Å². The summed E-state index contributed by atoms with van der Waals surface area (Å²) < 4.78 is 0. The van der Waals surface area contributed by atoms with E-state index in [1.54, 1.807) is 29.2 Å². The molecule has 7 rings (SSSR count). The smallest absolute Gasteiger partial charge is 0.332 e. The lowest BCUT2D eigenvalue weighted by atomic mass is 9.88. The Kier molecular flexibility index (Phi) is 6.81. The molecule has 1 aromatic heterocycles. The first kappa shape index (κ1) is 26.5. The molecule has 2 fully saturated rings. The Morgan fingerprint density at radius 3 is 2.33 bits per heavy atom. The van der Waals surface area contributed by atoms with E-state index in [0.29, 0.717) is 17.7 Å². The van der Waals surface area contributed by atoms with Crippen LogP contribution in [0.5, 0.6) is 0 Å². The SMILES string of the molecule is Cc1ccc(C2c3[nH]c4ccccc4c3C[C@H]3C(=O)N(c4ccccc4C(=O)NC4CCCCCCC4)C(=O)N23)cc1. The van der Waals surface area contributed by atoms with Crippen LogP contribution < -0.4 is 10.2 Å². The summed E-state index contributed by atoms with van der Waals surface area (Å²) in [5, 5.41) is 4.29. The van der Waals surface area contributed by atoms with Crippen LogP contribution in [0.1, 0.15) is 83.7 Å². The first-order valence-electron chi connectivity index (χ1n) is 15.2. The van der Waals surface area contributed by atoms with Crippen molar-refractivity contribution in [1.82, 2.24) is 15.2 Å². The van der Waals surface area contributed by atoms with Gasteiger partial charge in [-0.25, -0.2) is 9.69 Å². The summed E-state index contributed by atoms with van der Waals surface area (Å²) in [4.78, 5) is 48.8. The molecule has 3 aliphatic rings. The maximum atomic E-state index is 14.4. The zero-order valence-corrected chi connectivity index (χ0v) is 23.9. The first-order valence-corrected chi connectivity index (χ1v) is 15.2. The van der Waals surface area contributed by atoms with Gasteiger partial charge in [-0.05, 0) is 49.1 Å². The highest BCUT2D eigenvalue weighted by atomic mass is 16.2. The molecule has 1 saturated carbocycles. The van der Waals surface area contributed by atoms with Crippen molar-refractivity contribution in [2.75, 3.05) is 4.90 Å². The predicted molar refractivity (Wildman–Crippen MR) is 164 cm³/mol. The predicted octanol–water partition coefficient (Wildman–Crippen LogP) is 6.80. The fourth-order valence-corrected chi connectivity index (χ4v) is 7.12. The summed E-state index contributed by atoms with van der Waals surface area (Å²) in [7, 11) is 0. The normalized spacial score (nSPS) is 21.2. The van der Waals surface area contributed by atoms with Gasteiger partial charge in [0.05, 0.1) is 11.3 Å². The van der Waals surface area contributed by atoms with Crippen molar-refractivity contribution in [3.8, 4) is 0 Å². The Morgan fingerprint density at radius 2 is 1.55 bits per heavy atom. The van der Waals surface area contributed by atoms with Crippen molar-refractivity contribution < 1.29 is 14.4 Å². The van der Waals surface area contributed by atoms with Crippen LogP contribution in [0.25, 0.3) is 10.9 Å². The van der Waals surface area contributed by atoms with Crippen molar-refractivity contribution in [2.45, 2.75) is 76.4 Å². The highest BCUT2D eigenvalue weighted by molar-refractivity contribution is 6.24. The number of nitrogens with zero attached hydrogens (tertiary/aromatic N) is 2. The molecule has 3 aromatic carbocycles. The van der Waals surface area contributed by atoms with E-state index < -0.39 is 18.1 Å². The molecule has 1 saturated heterocycles. The third-order valence-electron chi connectivity index (χ3n) is 9.27. The number of aromatic amines is 1. The van der Waals surface area contributed by atoms with Crippen molar-refractivity contribution in [1.29, 1.82) is 0 Å². The number of urea groups is 1. The molecule has 3 heterocycles. The molecule has 4 aromatic rings. The number of hydrogen-bond donors (Lipinski definition) is 2. The van der Waals surface area contributed by atoms with Crippen LogP contribution in [-0.4, -0.2) is 39.8 Å². The Bertz CT molecular complexity index is 1670. The van der Waals surface area contributed by atoms with E-state index in [2.05, 4.69) is 16.4 Å². The molecule has 42 heavy (non-hydrogen) atoms. The number of carbonyl (C=O) groups is 3. The highest BCUT2D eigenvalue weighted by Gasteiger charge is 2.53. The molecule has 2 aliphatic heterocycles. The quantitative estimate of drug-likeness (QED) is 0.269. The van der Waals surface area contributed by atoms with Gasteiger partial charge < -0.3 is 10.3 Å². The lowest BCUT2D eigenvalue weighted by Crippen LogP contribution is -2.44. The van der Waals surface area contributed by atoms with Gasteiger partial charge in [0.25, 0.3) is 11.8 Å². The molecule has 7 nitrogen and oxygen atoms in total. The minimum absolute atomic E-state index is 0.103. The van der Waals surface area contributed by atoms with Gasteiger partial charge in [-0.1, -0.05) is 92.3 Å². The third kappa shape index (κ3) is 4.48. The van der Waals surface area contributed by atoms with E-state index in [4.69, 9.17) is 0 Å². The van der Waals surface area contributed by atoms with E-state index in [0.717, 1.165) is 59.0 Å². The maximum Gasteiger partial charge on any atom is 0.332 e. The van der Waals surface area contributed by atoms with Crippen LogP contribution in [0, 0.1) is 6.92 Å². The van der Waals surface area contributed by atoms with Gasteiger partial charge >= 0.3 is 6.03 Å². The standard InChI is InChI=1S/C35H36N4O3/c1-22-17-19-23(20-18-22)32-31-27(25-13-7-9-15-28(25)37-31)21-30-34(41)39(35(42)38(30)32)29-16-10-8-14-26(29)33(40)36-24-11-5-3-2-4-6-12-24/h7-10,13-20,24,30,32,37H,2-6,11-12,21H2,1H3,(H,36,40)/t30-,32?/m0/s1. The zero-order chi connectivity index (χ0) is 28.8. The number of imide groups is 1. The fraction of sp³-hybridized carbons (Fsp3) is 0.343. The second-order valence-corrected chi connectivity index (χ2v) is 12.0. The van der Waals surface area contributed by atoms with Gasteiger partial charge in [-0.3, -0.25) is 14.5 Å². The topological polar surface area (TPSA) is 85.5 Å². The van der Waals surface area contributed by atoms with Crippen LogP contribution >= 0.6 is 0 Å². The van der Waals surface area contributed by atoms with Crippen molar-refractivity contribution in [3.63, 3.8) is 0 Å². The Morgan fingerprint density at radius 1 is 0.857 bits per heavy atom. The molecule has 0 radical (unpaired) electrons. The number of aromatic nitrogens is 1. The Balaban J connectivity index is 1.27. The largest absolute Gasteiger partial charge is 0.356 e. The molecule has 1 aliphatic carbocycles. The van der Waals surface area contributed by atoms with E-state index in [1.165, 1.54) is 24.2 Å². The molecule has 0 spiro atoms. The maximum absolute atomic E-state index is 14.4. The molecule has 1 unspecified atom stereocenters. The number of aryl methyl sites for hydroxylation is 1. The monoisotopic (exact) mass is 560 g/mol. The molecule has 0 bridgehead atoms. The Hall–Kier alpha value is -4.39. The summed E-state index contributed by atoms with van der Waals surface area (Å²) >= 11 is 0. The summed E-state index contributed by atoms with van der Waals surface area (Å²) in [6.07, 6.45) is 8.16. The molecule has 7 heteroatoms. The molecule has 2 N–H and O–H groups in total.